The molecule has 1 aromatic carbocycles. The lowest BCUT2D eigenvalue weighted by atomic mass is 10.3. The molecule has 1 rings (SSSR count). The van der Waals surface area contributed by atoms with Crippen LogP contribution in [0.2, 0.25) is 5.02 Å². The lowest BCUT2D eigenvalue weighted by Gasteiger charge is -2.12. The third kappa shape index (κ3) is 4.66. The Hall–Kier alpha value is -0.580. The van der Waals surface area contributed by atoms with Gasteiger partial charge in [-0.25, -0.2) is 8.42 Å². The van der Waals surface area contributed by atoms with E-state index in [2.05, 4.69) is 5.32 Å². The summed E-state index contributed by atoms with van der Waals surface area (Å²) in [7, 11) is -3.22. The van der Waals surface area contributed by atoms with Gasteiger partial charge < -0.3 is 5.32 Å². The summed E-state index contributed by atoms with van der Waals surface area (Å²) in [5, 5.41) is 3.64. The highest BCUT2D eigenvalue weighted by atomic mass is 35.5. The van der Waals surface area contributed by atoms with E-state index in [1.54, 1.807) is 18.2 Å². The van der Waals surface area contributed by atoms with Crippen molar-refractivity contribution in [1.82, 2.24) is 5.32 Å². The summed E-state index contributed by atoms with van der Waals surface area (Å²) in [6, 6.07) is 6.60. The Balaban J connectivity index is 2.69. The van der Waals surface area contributed by atoms with Crippen LogP contribution in [0.3, 0.4) is 0 Å². The van der Waals surface area contributed by atoms with Gasteiger partial charge in [-0.1, -0.05) is 24.6 Å². The third-order valence-corrected chi connectivity index (χ3v) is 4.51. The first kappa shape index (κ1) is 14.5. The van der Waals surface area contributed by atoms with E-state index in [9.17, 15) is 8.42 Å². The largest absolute Gasteiger partial charge is 0.314 e. The molecule has 1 atom stereocenters. The fourth-order valence-electron chi connectivity index (χ4n) is 1.56. The van der Waals surface area contributed by atoms with Gasteiger partial charge in [0.15, 0.2) is 9.84 Å². The molecule has 1 N–H and O–H groups in total. The standard InChI is InChI=1S/C12H18ClNO2S/c1-3-14-10(2)7-8-17(15,16)12-6-4-5-11(13)9-12/h4-6,9-10,14H,3,7-8H2,1-2H3. The summed E-state index contributed by atoms with van der Waals surface area (Å²) in [6.45, 7) is 4.83. The van der Waals surface area contributed by atoms with Crippen LogP contribution < -0.4 is 5.32 Å². The SMILES string of the molecule is CCNC(C)CCS(=O)(=O)c1cccc(Cl)c1. The van der Waals surface area contributed by atoms with E-state index in [1.807, 2.05) is 13.8 Å². The van der Waals surface area contributed by atoms with Crippen LogP contribution in [0.25, 0.3) is 0 Å². The second-order valence-electron chi connectivity index (χ2n) is 4.02. The van der Waals surface area contributed by atoms with Crippen molar-refractivity contribution in [1.29, 1.82) is 0 Å². The molecule has 1 unspecified atom stereocenters. The van der Waals surface area contributed by atoms with Crippen LogP contribution in [0, 0.1) is 0 Å². The molecule has 0 bridgehead atoms. The van der Waals surface area contributed by atoms with Crippen molar-refractivity contribution in [2.75, 3.05) is 12.3 Å². The predicted octanol–water partition coefficient (Wildman–Crippen LogP) is 2.50. The van der Waals surface area contributed by atoms with Crippen molar-refractivity contribution < 1.29 is 8.42 Å². The van der Waals surface area contributed by atoms with Gasteiger partial charge in [0, 0.05) is 11.1 Å². The minimum Gasteiger partial charge on any atom is -0.314 e. The number of nitrogens with one attached hydrogen (secondary N) is 1. The van der Waals surface area contributed by atoms with E-state index in [0.717, 1.165) is 6.54 Å². The summed E-state index contributed by atoms with van der Waals surface area (Å²) in [5.74, 6) is 0.140. The Labute approximate surface area is 108 Å². The van der Waals surface area contributed by atoms with E-state index >= 15 is 0 Å². The molecule has 0 aliphatic carbocycles. The molecule has 0 radical (unpaired) electrons. The molecule has 0 aliphatic heterocycles. The molecular formula is C12H18ClNO2S. The van der Waals surface area contributed by atoms with E-state index in [0.29, 0.717) is 16.3 Å². The van der Waals surface area contributed by atoms with E-state index in [1.165, 1.54) is 6.07 Å². The van der Waals surface area contributed by atoms with Crippen molar-refractivity contribution >= 4 is 21.4 Å². The van der Waals surface area contributed by atoms with Gasteiger partial charge in [0.25, 0.3) is 0 Å². The molecular weight excluding hydrogens is 258 g/mol. The van der Waals surface area contributed by atoms with Crippen LogP contribution in [-0.4, -0.2) is 26.8 Å². The molecule has 0 aliphatic rings. The van der Waals surface area contributed by atoms with Gasteiger partial charge in [0.05, 0.1) is 10.6 Å². The molecule has 0 saturated heterocycles. The number of benzene rings is 1. The maximum Gasteiger partial charge on any atom is 0.178 e. The molecule has 3 nitrogen and oxygen atoms in total. The molecule has 96 valence electrons. The Morgan fingerprint density at radius 1 is 1.41 bits per heavy atom. The van der Waals surface area contributed by atoms with Crippen LogP contribution in [0.15, 0.2) is 29.2 Å². The van der Waals surface area contributed by atoms with Gasteiger partial charge in [0.2, 0.25) is 0 Å². The first-order chi connectivity index (χ1) is 7.95. The maximum atomic E-state index is 12.0. The van der Waals surface area contributed by atoms with Crippen molar-refractivity contribution in [2.45, 2.75) is 31.2 Å². The van der Waals surface area contributed by atoms with Crippen molar-refractivity contribution in [3.05, 3.63) is 29.3 Å². The molecule has 1 aromatic rings. The topological polar surface area (TPSA) is 46.2 Å². The van der Waals surface area contributed by atoms with E-state index in [-0.39, 0.29) is 11.8 Å². The fourth-order valence-corrected chi connectivity index (χ4v) is 3.31. The fraction of sp³-hybridized carbons (Fsp3) is 0.500. The molecule has 0 spiro atoms. The molecule has 0 heterocycles. The van der Waals surface area contributed by atoms with Crippen LogP contribution in [0.5, 0.6) is 0 Å². The minimum absolute atomic E-state index is 0.140. The van der Waals surface area contributed by atoms with Crippen molar-refractivity contribution in [3.63, 3.8) is 0 Å². The summed E-state index contributed by atoms with van der Waals surface area (Å²) in [5.41, 5.74) is 0. The molecule has 0 amide bonds. The van der Waals surface area contributed by atoms with Crippen molar-refractivity contribution in [2.24, 2.45) is 0 Å². The summed E-state index contributed by atoms with van der Waals surface area (Å²) < 4.78 is 24.0. The van der Waals surface area contributed by atoms with E-state index in [4.69, 9.17) is 11.6 Å². The van der Waals surface area contributed by atoms with Gasteiger partial charge in [0.1, 0.15) is 0 Å². The number of sulfone groups is 1. The summed E-state index contributed by atoms with van der Waals surface area (Å²) in [4.78, 5) is 0.300. The number of halogens is 1. The third-order valence-electron chi connectivity index (χ3n) is 2.53. The maximum absolute atomic E-state index is 12.0. The first-order valence-electron chi connectivity index (χ1n) is 5.67. The Kier molecular flexibility index (Phi) is 5.43. The van der Waals surface area contributed by atoms with Crippen LogP contribution in [-0.2, 0) is 9.84 Å². The highest BCUT2D eigenvalue weighted by Gasteiger charge is 2.15. The van der Waals surface area contributed by atoms with Crippen molar-refractivity contribution in [3.8, 4) is 0 Å². The molecule has 0 saturated carbocycles. The summed E-state index contributed by atoms with van der Waals surface area (Å²) in [6.07, 6.45) is 0.600. The lowest BCUT2D eigenvalue weighted by Crippen LogP contribution is -2.27. The highest BCUT2D eigenvalue weighted by molar-refractivity contribution is 7.91. The van der Waals surface area contributed by atoms with Crippen LogP contribution in [0.4, 0.5) is 0 Å². The number of hydrogen-bond acceptors (Lipinski definition) is 3. The zero-order chi connectivity index (χ0) is 12.9. The summed E-state index contributed by atoms with van der Waals surface area (Å²) >= 11 is 5.79. The molecule has 5 heteroatoms. The Morgan fingerprint density at radius 3 is 2.71 bits per heavy atom. The minimum atomic E-state index is -3.22. The Bertz CT molecular complexity index is 459. The van der Waals surface area contributed by atoms with Gasteiger partial charge in [-0.2, -0.15) is 0 Å². The molecule has 0 fully saturated rings. The van der Waals surface area contributed by atoms with Gasteiger partial charge >= 0.3 is 0 Å². The van der Waals surface area contributed by atoms with Gasteiger partial charge in [-0.15, -0.1) is 0 Å². The molecule has 17 heavy (non-hydrogen) atoms. The second-order valence-corrected chi connectivity index (χ2v) is 6.57. The zero-order valence-electron chi connectivity index (χ0n) is 10.1. The van der Waals surface area contributed by atoms with Crippen LogP contribution in [0.1, 0.15) is 20.3 Å². The first-order valence-corrected chi connectivity index (χ1v) is 7.70. The lowest BCUT2D eigenvalue weighted by molar-refractivity contribution is 0.541. The average molecular weight is 276 g/mol. The highest BCUT2D eigenvalue weighted by Crippen LogP contribution is 2.17. The monoisotopic (exact) mass is 275 g/mol. The van der Waals surface area contributed by atoms with Gasteiger partial charge in [-0.05, 0) is 38.1 Å². The second kappa shape index (κ2) is 6.38. The zero-order valence-corrected chi connectivity index (χ0v) is 11.7. The number of rotatable bonds is 6. The smallest absolute Gasteiger partial charge is 0.178 e. The van der Waals surface area contributed by atoms with Crippen LogP contribution >= 0.6 is 11.6 Å². The quantitative estimate of drug-likeness (QED) is 0.868. The number of hydrogen-bond donors (Lipinski definition) is 1. The molecule has 0 aromatic heterocycles. The predicted molar refractivity (Wildman–Crippen MR) is 71.3 cm³/mol. The normalized spacial score (nSPS) is 13.6. The average Bonchev–Trinajstić information content (AvgIpc) is 2.27. The van der Waals surface area contributed by atoms with E-state index < -0.39 is 9.84 Å². The van der Waals surface area contributed by atoms with Gasteiger partial charge in [-0.3, -0.25) is 0 Å². The Morgan fingerprint density at radius 2 is 2.12 bits per heavy atom.